The van der Waals surface area contributed by atoms with Gasteiger partial charge in [0.05, 0.1) is 75.6 Å². The quantitative estimate of drug-likeness (QED) is 0.172. The predicted octanol–water partition coefficient (Wildman–Crippen LogP) is 19.9. The van der Waals surface area contributed by atoms with Crippen LogP contribution < -0.4 is 18.9 Å². The van der Waals surface area contributed by atoms with E-state index >= 15 is 0 Å². The Morgan fingerprint density at radius 3 is 0.644 bits per heavy atom. The van der Waals surface area contributed by atoms with Crippen LogP contribution in [0.3, 0.4) is 0 Å². The lowest BCUT2D eigenvalue weighted by Gasteiger charge is -2.14. The Balaban J connectivity index is 0.686. The predicted molar refractivity (Wildman–Crippen MR) is 417 cm³/mol. The Labute approximate surface area is 605 Å². The molecule has 0 fully saturated rings. The molecule has 17 rings (SSSR count). The van der Waals surface area contributed by atoms with E-state index in [0.29, 0.717) is 105 Å². The number of hydrogen-bond donors (Lipinski definition) is 0. The van der Waals surface area contributed by atoms with Gasteiger partial charge in [0, 0.05) is 90.7 Å². The van der Waals surface area contributed by atoms with Gasteiger partial charge in [-0.05, 0) is 143 Å². The molecule has 1 aliphatic heterocycles. The molecule has 104 heavy (non-hydrogen) atoms. The number of hydrogen-bond acceptors (Lipinski definition) is 8. The molecule has 12 nitrogen and oxygen atoms in total. The highest BCUT2D eigenvalue weighted by atomic mass is 16.5. The van der Waals surface area contributed by atoms with Crippen LogP contribution in [0, 0.1) is 0 Å². The van der Waals surface area contributed by atoms with Crippen LogP contribution in [-0.4, -0.2) is 96.9 Å². The summed E-state index contributed by atoms with van der Waals surface area (Å²) in [5, 5.41) is 3.90. The Kier molecular flexibility index (Phi) is 19.3. The van der Waals surface area contributed by atoms with Crippen molar-refractivity contribution in [3.8, 4) is 90.3 Å². The smallest absolute Gasteiger partial charge is 0.127 e. The van der Waals surface area contributed by atoms with E-state index in [1.807, 2.05) is 48.5 Å². The highest BCUT2D eigenvalue weighted by Gasteiger charge is 2.31. The molecule has 9 heterocycles. The van der Waals surface area contributed by atoms with Gasteiger partial charge in [0.1, 0.15) is 49.4 Å². The second-order valence-electron chi connectivity index (χ2n) is 26.2. The molecule has 0 amide bonds. The average molecular weight is 1370 g/mol. The minimum Gasteiger partial charge on any atom is -0.491 e. The van der Waals surface area contributed by atoms with E-state index in [1.165, 1.54) is 44.5 Å². The minimum absolute atomic E-state index is 0.375. The Morgan fingerprint density at radius 1 is 0.192 bits per heavy atom. The monoisotopic (exact) mass is 1370 g/mol. The Bertz CT molecular complexity index is 4970. The summed E-state index contributed by atoms with van der Waals surface area (Å²) in [7, 11) is 0. The molecule has 516 valence electrons. The molecule has 0 N–H and O–H groups in total. The number of fused-ring (bicyclic) bond motifs is 22. The highest BCUT2D eigenvalue weighted by molar-refractivity contribution is 6.01. The SMILES string of the molecule is c1ccc(-c2c3c4ccccn4c2-c2c(-c4ccccc4)c(c4ccccn24)CCOCCOc2cccc4c(cccc24)OCCOCCc2c(-c4ccccc4)c(n4ccccc24)-c2c(-c4ccccc4)c(c4ccccn24)CCOCCOc2cccc4c(cccc24)OCCOCC3)cc1. The summed E-state index contributed by atoms with van der Waals surface area (Å²) in [6, 6.07) is 93.9. The van der Waals surface area contributed by atoms with Gasteiger partial charge in [0.15, 0.2) is 0 Å². The Morgan fingerprint density at radius 2 is 0.413 bits per heavy atom. The zero-order valence-electron chi connectivity index (χ0n) is 58.1. The zero-order chi connectivity index (χ0) is 69.4. The zero-order valence-corrected chi connectivity index (χ0v) is 58.1. The van der Waals surface area contributed by atoms with Gasteiger partial charge in [-0.15, -0.1) is 0 Å². The van der Waals surface area contributed by atoms with E-state index < -0.39 is 0 Å². The van der Waals surface area contributed by atoms with Crippen LogP contribution >= 0.6 is 0 Å². The molecule has 16 aromatic rings. The maximum atomic E-state index is 6.57. The second kappa shape index (κ2) is 30.5. The van der Waals surface area contributed by atoms with Gasteiger partial charge in [0.25, 0.3) is 0 Å². The maximum Gasteiger partial charge on any atom is 0.127 e. The van der Waals surface area contributed by atoms with Crippen molar-refractivity contribution >= 4 is 43.6 Å². The molecule has 12 heteroatoms. The maximum absolute atomic E-state index is 6.57. The molecule has 0 atom stereocenters. The van der Waals surface area contributed by atoms with Crippen LogP contribution in [0.25, 0.3) is 111 Å². The molecule has 8 aromatic heterocycles. The Hall–Kier alpha value is -11.6. The third-order valence-corrected chi connectivity index (χ3v) is 20.1. The fraction of sp³-hybridized carbons (Fsp3) is 0.174. The van der Waals surface area contributed by atoms with Crippen molar-refractivity contribution in [3.63, 3.8) is 0 Å². The first-order chi connectivity index (χ1) is 51.7. The summed E-state index contributed by atoms with van der Waals surface area (Å²) in [6.45, 7) is 5.09. The minimum atomic E-state index is 0.375. The molecular weight excluding hydrogens is 1290 g/mol. The first-order valence-electron chi connectivity index (χ1n) is 36.3. The van der Waals surface area contributed by atoms with Crippen LogP contribution in [0.4, 0.5) is 0 Å². The van der Waals surface area contributed by atoms with E-state index in [0.717, 1.165) is 112 Å². The number of benzene rings is 8. The van der Waals surface area contributed by atoms with E-state index in [1.54, 1.807) is 0 Å². The van der Waals surface area contributed by atoms with Crippen molar-refractivity contribution in [1.29, 1.82) is 0 Å². The topological polar surface area (TPSA) is 91.5 Å². The highest BCUT2D eigenvalue weighted by Crippen LogP contribution is 2.49. The van der Waals surface area contributed by atoms with Crippen molar-refractivity contribution in [2.75, 3.05) is 79.3 Å². The van der Waals surface area contributed by atoms with E-state index in [9.17, 15) is 0 Å². The molecule has 8 aromatic carbocycles. The summed E-state index contributed by atoms with van der Waals surface area (Å²) in [5.74, 6) is 3.11. The third-order valence-electron chi connectivity index (χ3n) is 20.1. The van der Waals surface area contributed by atoms with Crippen molar-refractivity contribution in [3.05, 3.63) is 314 Å². The van der Waals surface area contributed by atoms with Gasteiger partial charge in [-0.3, -0.25) is 0 Å². The molecule has 0 saturated carbocycles. The summed E-state index contributed by atoms with van der Waals surface area (Å²) in [4.78, 5) is 0. The standard InChI is InChI=1S/C92H80N4O8/c1-5-25-65(26-6-1)85-73-45-53-97-57-61-101-81-41-21-34-70-69(81)33-22-42-82(70)103-63-59-99-55-47-75-79-39-15-19-51-95(79)91(87(75)67-29-9-3-10-30-67)92-88(68-31-11-4-12-32-68)76(80-40-16-20-52-96(80)92)48-56-100-60-64-104-84-44-24-35-71-72(84)36-23-43-83(71)102-62-58-98-54-46-74-78-38-14-18-50-94(78)90(86(74)66-27-7-2-8-28-66)89(85)93-49-17-13-37-77(73)93/h1-44,49-52H,45-48,53-64H2. The molecule has 0 unspecified atom stereocenters. The molecule has 0 radical (unpaired) electrons. The van der Waals surface area contributed by atoms with Gasteiger partial charge >= 0.3 is 0 Å². The first-order valence-corrected chi connectivity index (χ1v) is 36.3. The molecule has 0 aliphatic carbocycles. The number of rotatable bonds is 4. The van der Waals surface area contributed by atoms with Crippen LogP contribution in [0.15, 0.2) is 292 Å². The van der Waals surface area contributed by atoms with Crippen LogP contribution in [-0.2, 0) is 44.6 Å². The van der Waals surface area contributed by atoms with Crippen molar-refractivity contribution in [2.24, 2.45) is 0 Å². The number of pyridine rings is 4. The molecule has 1 aliphatic rings. The normalized spacial score (nSPS) is 14.5. The fourth-order valence-electron chi connectivity index (χ4n) is 15.7. The number of aromatic nitrogens is 4. The number of ether oxygens (including phenoxy) is 8. The van der Waals surface area contributed by atoms with E-state index in [4.69, 9.17) is 37.9 Å². The first kappa shape index (κ1) is 65.7. The van der Waals surface area contributed by atoms with Gasteiger partial charge in [-0.2, -0.15) is 0 Å². The van der Waals surface area contributed by atoms with Crippen molar-refractivity contribution in [1.82, 2.24) is 17.6 Å². The van der Waals surface area contributed by atoms with Crippen molar-refractivity contribution in [2.45, 2.75) is 25.7 Å². The van der Waals surface area contributed by atoms with Crippen LogP contribution in [0.5, 0.6) is 23.0 Å². The van der Waals surface area contributed by atoms with Crippen LogP contribution in [0.2, 0.25) is 0 Å². The molecular formula is C92H80N4O8. The lowest BCUT2D eigenvalue weighted by molar-refractivity contribution is 0.103. The molecule has 16 bridgehead atoms. The van der Waals surface area contributed by atoms with Gasteiger partial charge < -0.3 is 55.5 Å². The second-order valence-corrected chi connectivity index (χ2v) is 26.2. The average Bonchev–Trinajstić information content (AvgIpc) is 1.56. The van der Waals surface area contributed by atoms with Crippen LogP contribution in [0.1, 0.15) is 22.3 Å². The van der Waals surface area contributed by atoms with Gasteiger partial charge in [0.2, 0.25) is 0 Å². The molecule has 0 spiro atoms. The lowest BCUT2D eigenvalue weighted by atomic mass is 9.93. The summed E-state index contributed by atoms with van der Waals surface area (Å²) >= 11 is 0. The number of nitrogens with zero attached hydrogens (tertiary/aromatic N) is 4. The van der Waals surface area contributed by atoms with E-state index in [2.05, 4.69) is 261 Å². The summed E-state index contributed by atoms with van der Waals surface area (Å²) in [5.41, 5.74) is 23.1. The fourth-order valence-corrected chi connectivity index (χ4v) is 15.7. The third kappa shape index (κ3) is 12.9. The van der Waals surface area contributed by atoms with E-state index in [-0.39, 0.29) is 0 Å². The van der Waals surface area contributed by atoms with Crippen molar-refractivity contribution < 1.29 is 37.9 Å². The lowest BCUT2D eigenvalue weighted by Crippen LogP contribution is -2.10. The summed E-state index contributed by atoms with van der Waals surface area (Å²) in [6.07, 6.45) is 11.5. The van der Waals surface area contributed by atoms with Gasteiger partial charge in [-0.1, -0.05) is 194 Å². The summed E-state index contributed by atoms with van der Waals surface area (Å²) < 4.78 is 62.1. The largest absolute Gasteiger partial charge is 0.491 e. The van der Waals surface area contributed by atoms with Gasteiger partial charge in [-0.25, -0.2) is 0 Å². The molecule has 0 saturated heterocycles.